The lowest BCUT2D eigenvalue weighted by atomic mass is 9.92. The summed E-state index contributed by atoms with van der Waals surface area (Å²) in [6.45, 7) is 6.23. The highest BCUT2D eigenvalue weighted by molar-refractivity contribution is 6.65. The first-order chi connectivity index (χ1) is 7.27. The van der Waals surface area contributed by atoms with Crippen LogP contribution >= 0.6 is 11.6 Å². The van der Waals surface area contributed by atoms with E-state index in [4.69, 9.17) is 17.3 Å². The fourth-order valence-corrected chi connectivity index (χ4v) is 1.33. The predicted octanol–water partition coefficient (Wildman–Crippen LogP) is 2.48. The zero-order valence-corrected chi connectivity index (χ0v) is 10.4. The topological polar surface area (TPSA) is 50.7 Å². The van der Waals surface area contributed by atoms with Crippen LogP contribution in [0, 0.1) is 0 Å². The van der Waals surface area contributed by atoms with Gasteiger partial charge in [0.1, 0.15) is 10.7 Å². The van der Waals surface area contributed by atoms with Crippen molar-refractivity contribution in [2.75, 3.05) is 13.1 Å². The second kappa shape index (κ2) is 6.25. The molecule has 0 aromatic heterocycles. The van der Waals surface area contributed by atoms with Crippen LogP contribution in [0.15, 0.2) is 9.98 Å². The number of alkyl halides is 2. The molecular weight excluding hydrogens is 236 g/mol. The van der Waals surface area contributed by atoms with Gasteiger partial charge in [-0.05, 0) is 26.6 Å². The maximum Gasteiger partial charge on any atom is 0.270 e. The fraction of sp³-hybridized carbons (Fsp3) is 0.800. The Morgan fingerprint density at radius 1 is 1.44 bits per heavy atom. The zero-order chi connectivity index (χ0) is 12.8. The molecule has 0 amide bonds. The molecule has 0 spiro atoms. The van der Waals surface area contributed by atoms with Crippen LogP contribution in [-0.2, 0) is 0 Å². The van der Waals surface area contributed by atoms with Gasteiger partial charge >= 0.3 is 0 Å². The predicted molar refractivity (Wildman–Crippen MR) is 65.0 cm³/mol. The zero-order valence-electron chi connectivity index (χ0n) is 9.64. The summed E-state index contributed by atoms with van der Waals surface area (Å²) < 4.78 is 26.5. The number of nitrogens with two attached hydrogens (primary N) is 1. The smallest absolute Gasteiger partial charge is 0.270 e. The van der Waals surface area contributed by atoms with Crippen LogP contribution in [0.2, 0.25) is 0 Å². The van der Waals surface area contributed by atoms with Gasteiger partial charge in [-0.2, -0.15) is 0 Å². The van der Waals surface area contributed by atoms with E-state index in [1.807, 2.05) is 0 Å². The Balaban J connectivity index is 4.55. The third-order valence-corrected chi connectivity index (χ3v) is 2.68. The van der Waals surface area contributed by atoms with Gasteiger partial charge in [0.25, 0.3) is 5.92 Å². The van der Waals surface area contributed by atoms with Crippen molar-refractivity contribution in [2.45, 2.75) is 38.2 Å². The van der Waals surface area contributed by atoms with Crippen LogP contribution < -0.4 is 5.73 Å². The molecule has 6 heteroatoms. The largest absolute Gasteiger partial charge is 0.330 e. The lowest BCUT2D eigenvalue weighted by Crippen LogP contribution is -2.42. The molecule has 94 valence electrons. The van der Waals surface area contributed by atoms with Crippen LogP contribution in [0.25, 0.3) is 0 Å². The van der Waals surface area contributed by atoms with Crippen molar-refractivity contribution in [1.82, 2.24) is 0 Å². The Labute approximate surface area is 99.8 Å². The standard InChI is InChI=1S/C10H18ClF2N3/c1-9(15-3,10(2,12)13)7-8(11)16-6-4-5-14/h3-7,14H2,1-2H3. The number of aliphatic imine (C=N–C) groups is 2. The van der Waals surface area contributed by atoms with Gasteiger partial charge in [-0.1, -0.05) is 11.6 Å². The van der Waals surface area contributed by atoms with Crippen molar-refractivity contribution in [1.29, 1.82) is 0 Å². The van der Waals surface area contributed by atoms with Gasteiger partial charge in [0.15, 0.2) is 0 Å². The molecule has 3 nitrogen and oxygen atoms in total. The van der Waals surface area contributed by atoms with E-state index in [0.29, 0.717) is 19.5 Å². The van der Waals surface area contributed by atoms with Gasteiger partial charge in [0.2, 0.25) is 0 Å². The Hall–Kier alpha value is -0.550. The minimum Gasteiger partial charge on any atom is -0.330 e. The first kappa shape index (κ1) is 15.4. The summed E-state index contributed by atoms with van der Waals surface area (Å²) in [5, 5.41) is 0.130. The normalized spacial score (nSPS) is 17.0. The van der Waals surface area contributed by atoms with Crippen LogP contribution in [0.4, 0.5) is 8.78 Å². The average molecular weight is 254 g/mol. The molecule has 0 aromatic rings. The van der Waals surface area contributed by atoms with E-state index in [9.17, 15) is 8.78 Å². The van der Waals surface area contributed by atoms with Crippen LogP contribution in [0.5, 0.6) is 0 Å². The molecule has 0 rings (SSSR count). The van der Waals surface area contributed by atoms with Crippen LogP contribution in [-0.4, -0.2) is 36.4 Å². The molecular formula is C10H18ClF2N3. The lowest BCUT2D eigenvalue weighted by Gasteiger charge is -2.30. The molecule has 0 aliphatic rings. The monoisotopic (exact) mass is 253 g/mol. The highest BCUT2D eigenvalue weighted by Gasteiger charge is 2.46. The summed E-state index contributed by atoms with van der Waals surface area (Å²) in [7, 11) is 0. The summed E-state index contributed by atoms with van der Waals surface area (Å²) >= 11 is 5.77. The molecule has 0 saturated carbocycles. The van der Waals surface area contributed by atoms with Crippen molar-refractivity contribution < 1.29 is 8.78 Å². The third kappa shape index (κ3) is 4.53. The summed E-state index contributed by atoms with van der Waals surface area (Å²) in [5.74, 6) is -2.99. The number of rotatable bonds is 7. The molecule has 1 atom stereocenters. The average Bonchev–Trinajstić information content (AvgIpc) is 2.16. The molecule has 0 heterocycles. The van der Waals surface area contributed by atoms with Crippen molar-refractivity contribution in [3.05, 3.63) is 0 Å². The summed E-state index contributed by atoms with van der Waals surface area (Å²) in [4.78, 5) is 7.41. The molecule has 0 aromatic carbocycles. The van der Waals surface area contributed by atoms with Crippen molar-refractivity contribution >= 4 is 23.5 Å². The molecule has 0 saturated heterocycles. The minimum absolute atomic E-state index is 0.119. The first-order valence-corrected chi connectivity index (χ1v) is 5.39. The molecule has 0 aliphatic carbocycles. The van der Waals surface area contributed by atoms with Gasteiger partial charge < -0.3 is 5.73 Å². The first-order valence-electron chi connectivity index (χ1n) is 5.01. The second-order valence-corrected chi connectivity index (χ2v) is 4.33. The van der Waals surface area contributed by atoms with E-state index >= 15 is 0 Å². The van der Waals surface area contributed by atoms with Gasteiger partial charge in [-0.25, -0.2) is 8.78 Å². The SMILES string of the molecule is C=NC(C)(CC(Cl)=NCCCN)C(C)(F)F. The van der Waals surface area contributed by atoms with Gasteiger partial charge in [-0.3, -0.25) is 9.98 Å². The quantitative estimate of drug-likeness (QED) is 0.550. The molecule has 16 heavy (non-hydrogen) atoms. The summed E-state index contributed by atoms with van der Waals surface area (Å²) in [6, 6.07) is 0. The van der Waals surface area contributed by atoms with Gasteiger partial charge in [0.05, 0.1) is 0 Å². The van der Waals surface area contributed by atoms with Gasteiger partial charge in [-0.15, -0.1) is 0 Å². The van der Waals surface area contributed by atoms with Crippen molar-refractivity contribution in [3.8, 4) is 0 Å². The van der Waals surface area contributed by atoms with E-state index < -0.39 is 11.5 Å². The number of nitrogens with zero attached hydrogens (tertiary/aromatic N) is 2. The highest BCUT2D eigenvalue weighted by atomic mass is 35.5. The lowest BCUT2D eigenvalue weighted by molar-refractivity contribution is -0.0446. The Kier molecular flexibility index (Phi) is 6.04. The molecule has 0 radical (unpaired) electrons. The second-order valence-electron chi connectivity index (χ2n) is 3.90. The molecule has 2 N–H and O–H groups in total. The fourth-order valence-electron chi connectivity index (χ4n) is 0.982. The molecule has 0 fully saturated rings. The number of hydrogen-bond donors (Lipinski definition) is 1. The maximum atomic E-state index is 13.3. The number of halogens is 3. The number of hydrogen-bond acceptors (Lipinski definition) is 3. The molecule has 0 bridgehead atoms. The Bertz CT molecular complexity index is 263. The van der Waals surface area contributed by atoms with Crippen molar-refractivity contribution in [2.24, 2.45) is 15.7 Å². The third-order valence-electron chi connectivity index (χ3n) is 2.43. The maximum absolute atomic E-state index is 13.3. The summed E-state index contributed by atoms with van der Waals surface area (Å²) in [6.07, 6.45) is 0.559. The van der Waals surface area contributed by atoms with Crippen LogP contribution in [0.3, 0.4) is 0 Å². The Morgan fingerprint density at radius 2 is 2.00 bits per heavy atom. The van der Waals surface area contributed by atoms with Crippen molar-refractivity contribution in [3.63, 3.8) is 0 Å². The van der Waals surface area contributed by atoms with Gasteiger partial charge in [0, 0.05) is 19.9 Å². The van der Waals surface area contributed by atoms with E-state index in [0.717, 1.165) is 6.92 Å². The Morgan fingerprint density at radius 3 is 2.38 bits per heavy atom. The van der Waals surface area contributed by atoms with E-state index in [1.165, 1.54) is 6.92 Å². The molecule has 1 unspecified atom stereocenters. The van der Waals surface area contributed by atoms with E-state index in [1.54, 1.807) is 0 Å². The van der Waals surface area contributed by atoms with E-state index in [2.05, 4.69) is 16.7 Å². The molecule has 0 aliphatic heterocycles. The highest BCUT2D eigenvalue weighted by Crippen LogP contribution is 2.34. The van der Waals surface area contributed by atoms with E-state index in [-0.39, 0.29) is 11.6 Å². The summed E-state index contributed by atoms with van der Waals surface area (Å²) in [5.41, 5.74) is 3.66. The van der Waals surface area contributed by atoms with Crippen LogP contribution in [0.1, 0.15) is 26.7 Å². The minimum atomic E-state index is -2.99.